The van der Waals surface area contributed by atoms with Crippen molar-refractivity contribution in [3.8, 4) is 0 Å². The Morgan fingerprint density at radius 2 is 2.23 bits per heavy atom. The first-order valence-electron chi connectivity index (χ1n) is 4.16. The van der Waals surface area contributed by atoms with E-state index in [1.165, 1.54) is 0 Å². The highest BCUT2D eigenvalue weighted by atomic mass is 16.4. The van der Waals surface area contributed by atoms with Crippen LogP contribution in [0.1, 0.15) is 20.3 Å². The molecule has 0 heterocycles. The molecule has 0 aliphatic heterocycles. The summed E-state index contributed by atoms with van der Waals surface area (Å²) in [6.07, 6.45) is 0.641. The van der Waals surface area contributed by atoms with E-state index in [0.717, 1.165) is 0 Å². The van der Waals surface area contributed by atoms with Gasteiger partial charge in [0.2, 0.25) is 6.41 Å². The van der Waals surface area contributed by atoms with Gasteiger partial charge in [0.1, 0.15) is 5.54 Å². The van der Waals surface area contributed by atoms with E-state index in [4.69, 9.17) is 10.8 Å². The van der Waals surface area contributed by atoms with Crippen LogP contribution in [-0.4, -0.2) is 29.6 Å². The number of nitrogens with one attached hydrogen (secondary N) is 1. The molecule has 76 valence electrons. The maximum atomic E-state index is 11.0. The lowest BCUT2D eigenvalue weighted by atomic mass is 9.83. The number of rotatable bonds is 6. The van der Waals surface area contributed by atoms with E-state index in [1.54, 1.807) is 13.8 Å². The highest BCUT2D eigenvalue weighted by Crippen LogP contribution is 2.20. The number of carboxylic acids is 1. The molecule has 4 N–H and O–H groups in total. The van der Waals surface area contributed by atoms with Gasteiger partial charge in [-0.25, -0.2) is 4.79 Å². The molecule has 0 aliphatic carbocycles. The van der Waals surface area contributed by atoms with E-state index in [-0.39, 0.29) is 18.9 Å². The minimum atomic E-state index is -1.23. The second kappa shape index (κ2) is 4.81. The summed E-state index contributed by atoms with van der Waals surface area (Å²) in [4.78, 5) is 21.3. The van der Waals surface area contributed by atoms with E-state index in [2.05, 4.69) is 5.32 Å². The molecule has 0 saturated heterocycles. The SMILES string of the molecule is CC(C)C(CCN)(NC=O)C(=O)O. The van der Waals surface area contributed by atoms with Crippen molar-refractivity contribution in [2.45, 2.75) is 25.8 Å². The first-order valence-corrected chi connectivity index (χ1v) is 4.16. The molecule has 5 nitrogen and oxygen atoms in total. The predicted octanol–water partition coefficient (Wildman–Crippen LogP) is -0.439. The molecule has 0 spiro atoms. The Balaban J connectivity index is 4.79. The zero-order valence-electron chi connectivity index (χ0n) is 7.91. The maximum absolute atomic E-state index is 11.0. The zero-order chi connectivity index (χ0) is 10.5. The Morgan fingerprint density at radius 3 is 2.46 bits per heavy atom. The van der Waals surface area contributed by atoms with Gasteiger partial charge in [-0.2, -0.15) is 0 Å². The number of aliphatic carboxylic acids is 1. The van der Waals surface area contributed by atoms with Gasteiger partial charge < -0.3 is 16.2 Å². The van der Waals surface area contributed by atoms with Gasteiger partial charge in [-0.05, 0) is 18.9 Å². The Bertz CT molecular complexity index is 194. The third-order valence-electron chi connectivity index (χ3n) is 2.22. The second-order valence-electron chi connectivity index (χ2n) is 3.23. The van der Waals surface area contributed by atoms with Crippen molar-refractivity contribution in [3.63, 3.8) is 0 Å². The summed E-state index contributed by atoms with van der Waals surface area (Å²) in [6, 6.07) is 0. The summed E-state index contributed by atoms with van der Waals surface area (Å²) < 4.78 is 0. The highest BCUT2D eigenvalue weighted by molar-refractivity contribution is 5.81. The molecule has 0 aliphatic rings. The lowest BCUT2D eigenvalue weighted by molar-refractivity contribution is -0.148. The fourth-order valence-electron chi connectivity index (χ4n) is 1.28. The average molecular weight is 188 g/mol. The molecule has 0 radical (unpaired) electrons. The number of carboxylic acid groups (broad SMARTS) is 1. The number of hydrogen-bond donors (Lipinski definition) is 3. The minimum Gasteiger partial charge on any atom is -0.479 e. The highest BCUT2D eigenvalue weighted by Gasteiger charge is 2.40. The molecule has 0 saturated carbocycles. The lowest BCUT2D eigenvalue weighted by Crippen LogP contribution is -2.56. The van der Waals surface area contributed by atoms with Crippen molar-refractivity contribution in [1.82, 2.24) is 5.32 Å². The van der Waals surface area contributed by atoms with Crippen LogP contribution in [0.3, 0.4) is 0 Å². The van der Waals surface area contributed by atoms with Crippen molar-refractivity contribution in [3.05, 3.63) is 0 Å². The molecule has 13 heavy (non-hydrogen) atoms. The number of amides is 1. The molecule has 0 aromatic rings. The van der Waals surface area contributed by atoms with E-state index in [1.807, 2.05) is 0 Å². The van der Waals surface area contributed by atoms with Gasteiger partial charge in [0.15, 0.2) is 0 Å². The molecule has 1 unspecified atom stereocenters. The Kier molecular flexibility index (Phi) is 4.40. The van der Waals surface area contributed by atoms with Gasteiger partial charge in [-0.3, -0.25) is 4.79 Å². The van der Waals surface area contributed by atoms with Gasteiger partial charge in [-0.1, -0.05) is 13.8 Å². The molecule has 0 aromatic carbocycles. The first kappa shape index (κ1) is 11.9. The predicted molar refractivity (Wildman–Crippen MR) is 48.1 cm³/mol. The molecule has 0 bridgehead atoms. The summed E-state index contributed by atoms with van der Waals surface area (Å²) in [5.41, 5.74) is 4.08. The number of nitrogens with two attached hydrogens (primary N) is 1. The molecule has 0 fully saturated rings. The van der Waals surface area contributed by atoms with Crippen molar-refractivity contribution in [1.29, 1.82) is 0 Å². The van der Waals surface area contributed by atoms with Gasteiger partial charge >= 0.3 is 5.97 Å². The lowest BCUT2D eigenvalue weighted by Gasteiger charge is -2.32. The zero-order valence-corrected chi connectivity index (χ0v) is 7.91. The van der Waals surface area contributed by atoms with Crippen LogP contribution < -0.4 is 11.1 Å². The second-order valence-corrected chi connectivity index (χ2v) is 3.23. The van der Waals surface area contributed by atoms with E-state index in [9.17, 15) is 9.59 Å². The van der Waals surface area contributed by atoms with Crippen LogP contribution in [0, 0.1) is 5.92 Å². The fourth-order valence-corrected chi connectivity index (χ4v) is 1.28. The van der Waals surface area contributed by atoms with E-state index >= 15 is 0 Å². The number of hydrogen-bond acceptors (Lipinski definition) is 3. The van der Waals surface area contributed by atoms with Gasteiger partial charge in [-0.15, -0.1) is 0 Å². The van der Waals surface area contributed by atoms with Crippen LogP contribution in [0.15, 0.2) is 0 Å². The van der Waals surface area contributed by atoms with Crippen molar-refractivity contribution in [2.24, 2.45) is 11.7 Å². The average Bonchev–Trinajstić information content (AvgIpc) is 2.03. The van der Waals surface area contributed by atoms with Crippen molar-refractivity contribution < 1.29 is 14.7 Å². The summed E-state index contributed by atoms with van der Waals surface area (Å²) in [5, 5.41) is 11.3. The van der Waals surface area contributed by atoms with Crippen LogP contribution in [0.4, 0.5) is 0 Å². The molecular formula is C8H16N2O3. The normalized spacial score (nSPS) is 15.1. The van der Waals surface area contributed by atoms with Crippen LogP contribution in [0.5, 0.6) is 0 Å². The standard InChI is InChI=1S/C8H16N2O3/c1-6(2)8(3-4-9,7(12)13)10-5-11/h5-6H,3-4,9H2,1-2H3,(H,10,11)(H,12,13). The molecular weight excluding hydrogens is 172 g/mol. The summed E-state index contributed by atoms with van der Waals surface area (Å²) in [7, 11) is 0. The van der Waals surface area contributed by atoms with Crippen LogP contribution in [-0.2, 0) is 9.59 Å². The van der Waals surface area contributed by atoms with E-state index < -0.39 is 11.5 Å². The van der Waals surface area contributed by atoms with Crippen molar-refractivity contribution >= 4 is 12.4 Å². The maximum Gasteiger partial charge on any atom is 0.329 e. The van der Waals surface area contributed by atoms with Gasteiger partial charge in [0.25, 0.3) is 0 Å². The third-order valence-corrected chi connectivity index (χ3v) is 2.22. The summed E-state index contributed by atoms with van der Waals surface area (Å²) >= 11 is 0. The Labute approximate surface area is 77.3 Å². The molecule has 1 atom stereocenters. The molecule has 1 amide bonds. The smallest absolute Gasteiger partial charge is 0.329 e. The molecule has 0 aromatic heterocycles. The number of carbonyl (C=O) groups excluding carboxylic acids is 1. The van der Waals surface area contributed by atoms with Crippen molar-refractivity contribution in [2.75, 3.05) is 6.54 Å². The Morgan fingerprint density at radius 1 is 1.69 bits per heavy atom. The van der Waals surface area contributed by atoms with Gasteiger partial charge in [0, 0.05) is 0 Å². The van der Waals surface area contributed by atoms with Crippen LogP contribution in [0.2, 0.25) is 0 Å². The Hall–Kier alpha value is -1.10. The first-order chi connectivity index (χ1) is 6.01. The third kappa shape index (κ3) is 2.42. The fraction of sp³-hybridized carbons (Fsp3) is 0.750. The van der Waals surface area contributed by atoms with E-state index in [0.29, 0.717) is 6.41 Å². The minimum absolute atomic E-state index is 0.196. The monoisotopic (exact) mass is 188 g/mol. The van der Waals surface area contributed by atoms with Crippen LogP contribution >= 0.6 is 0 Å². The largest absolute Gasteiger partial charge is 0.479 e. The van der Waals surface area contributed by atoms with Gasteiger partial charge in [0.05, 0.1) is 0 Å². The molecule has 0 rings (SSSR count). The summed E-state index contributed by atoms with van der Waals surface area (Å²) in [6.45, 7) is 3.70. The quantitative estimate of drug-likeness (QED) is 0.493. The number of carbonyl (C=O) groups is 2. The topological polar surface area (TPSA) is 92.4 Å². The molecule has 5 heteroatoms. The van der Waals surface area contributed by atoms with Crippen LogP contribution in [0.25, 0.3) is 0 Å². The summed E-state index contributed by atoms with van der Waals surface area (Å²) in [5.74, 6) is -1.24.